The molecule has 4 rings (SSSR count). The molecule has 0 radical (unpaired) electrons. The number of aromatic nitrogens is 4. The summed E-state index contributed by atoms with van der Waals surface area (Å²) < 4.78 is 7.27. The van der Waals surface area contributed by atoms with Gasteiger partial charge in [-0.15, -0.1) is 0 Å². The topological polar surface area (TPSA) is 92.6 Å². The van der Waals surface area contributed by atoms with Crippen LogP contribution in [0.3, 0.4) is 0 Å². The molecule has 0 atom stereocenters. The maximum absolute atomic E-state index is 12.1. The second kappa shape index (κ2) is 6.32. The zero-order valence-electron chi connectivity index (χ0n) is 13.1. The van der Waals surface area contributed by atoms with Gasteiger partial charge in [-0.25, -0.2) is 14.3 Å². The molecule has 128 valence electrons. The molecular weight excluding hydrogens is 390 g/mol. The molecule has 25 heavy (non-hydrogen) atoms. The van der Waals surface area contributed by atoms with E-state index in [-0.39, 0.29) is 24.2 Å². The molecule has 0 saturated carbocycles. The number of nitrogens with zero attached hydrogens (tertiary/aromatic N) is 4. The molecule has 1 aliphatic heterocycles. The highest BCUT2D eigenvalue weighted by Gasteiger charge is 2.36. The van der Waals surface area contributed by atoms with Crippen molar-refractivity contribution >= 4 is 27.5 Å². The number of H-pyrrole nitrogens is 1. The Hall–Kier alpha value is -2.68. The van der Waals surface area contributed by atoms with E-state index in [9.17, 15) is 9.59 Å². The fourth-order valence-electron chi connectivity index (χ4n) is 2.79. The standard InChI is InChI=1S/C16H14BrN5O3/c17-13-12-15(23)18-9-19-22(12)14(20-13)11-6-21(7-11)16(24)25-8-10-4-2-1-3-5-10/h1-5,9,11H,6-8H2,(H,18,19,23). The molecule has 9 heteroatoms. The van der Waals surface area contributed by atoms with Crippen molar-refractivity contribution < 1.29 is 9.53 Å². The Morgan fingerprint density at radius 1 is 1.32 bits per heavy atom. The number of halogens is 1. The minimum Gasteiger partial charge on any atom is -0.445 e. The summed E-state index contributed by atoms with van der Waals surface area (Å²) in [6.45, 7) is 1.21. The number of imidazole rings is 1. The Kier molecular flexibility index (Phi) is 4.00. The van der Waals surface area contributed by atoms with Crippen molar-refractivity contribution in [3.05, 3.63) is 63.0 Å². The number of amides is 1. The summed E-state index contributed by atoms with van der Waals surface area (Å²) >= 11 is 3.29. The fraction of sp³-hybridized carbons (Fsp3) is 0.250. The first-order chi connectivity index (χ1) is 12.1. The van der Waals surface area contributed by atoms with Gasteiger partial charge in [-0.1, -0.05) is 30.3 Å². The summed E-state index contributed by atoms with van der Waals surface area (Å²) in [5, 5.41) is 4.15. The molecule has 3 aromatic rings. The molecule has 0 unspecified atom stereocenters. The number of ether oxygens (including phenoxy) is 1. The van der Waals surface area contributed by atoms with Gasteiger partial charge in [0.25, 0.3) is 5.56 Å². The normalized spacial score (nSPS) is 14.5. The van der Waals surface area contributed by atoms with Crippen molar-refractivity contribution in [2.75, 3.05) is 13.1 Å². The number of nitrogens with one attached hydrogen (secondary N) is 1. The first-order valence-corrected chi connectivity index (χ1v) is 8.50. The number of aromatic amines is 1. The predicted octanol–water partition coefficient (Wildman–Crippen LogP) is 1.92. The number of carbonyl (C=O) groups is 1. The minimum absolute atomic E-state index is 0.0115. The summed E-state index contributed by atoms with van der Waals surface area (Å²) in [6.07, 6.45) is 0.975. The monoisotopic (exact) mass is 403 g/mol. The van der Waals surface area contributed by atoms with Gasteiger partial charge in [0.05, 0.1) is 5.92 Å². The average molecular weight is 404 g/mol. The lowest BCUT2D eigenvalue weighted by Gasteiger charge is -2.37. The quantitative estimate of drug-likeness (QED) is 0.720. The minimum atomic E-state index is -0.356. The number of likely N-dealkylation sites (tertiary alicyclic amines) is 1. The third-order valence-corrected chi connectivity index (χ3v) is 4.68. The van der Waals surface area contributed by atoms with Gasteiger partial charge >= 0.3 is 6.09 Å². The Labute approximate surface area is 150 Å². The lowest BCUT2D eigenvalue weighted by molar-refractivity contribution is 0.0647. The van der Waals surface area contributed by atoms with E-state index in [1.54, 1.807) is 4.90 Å². The van der Waals surface area contributed by atoms with Crippen LogP contribution in [-0.2, 0) is 11.3 Å². The third kappa shape index (κ3) is 2.91. The van der Waals surface area contributed by atoms with Gasteiger partial charge in [0, 0.05) is 13.1 Å². The zero-order chi connectivity index (χ0) is 17.4. The Bertz CT molecular complexity index is 978. The van der Waals surface area contributed by atoms with E-state index in [1.807, 2.05) is 30.3 Å². The molecule has 1 amide bonds. The van der Waals surface area contributed by atoms with E-state index in [4.69, 9.17) is 4.74 Å². The molecule has 1 N–H and O–H groups in total. The van der Waals surface area contributed by atoms with Crippen LogP contribution in [0.25, 0.3) is 5.52 Å². The van der Waals surface area contributed by atoms with Gasteiger partial charge in [-0.3, -0.25) is 4.79 Å². The highest BCUT2D eigenvalue weighted by atomic mass is 79.9. The van der Waals surface area contributed by atoms with Gasteiger partial charge in [0.1, 0.15) is 23.4 Å². The number of hydrogen-bond acceptors (Lipinski definition) is 5. The van der Waals surface area contributed by atoms with Crippen LogP contribution in [-0.4, -0.2) is 43.7 Å². The highest BCUT2D eigenvalue weighted by molar-refractivity contribution is 9.10. The van der Waals surface area contributed by atoms with Gasteiger partial charge in [-0.2, -0.15) is 5.10 Å². The second-order valence-electron chi connectivity index (χ2n) is 5.78. The third-order valence-electron chi connectivity index (χ3n) is 4.13. The number of hydrogen-bond donors (Lipinski definition) is 1. The zero-order valence-corrected chi connectivity index (χ0v) is 14.6. The van der Waals surface area contributed by atoms with Gasteiger partial charge in [0.2, 0.25) is 0 Å². The summed E-state index contributed by atoms with van der Waals surface area (Å²) in [4.78, 5) is 32.5. The number of benzene rings is 1. The summed E-state index contributed by atoms with van der Waals surface area (Å²) in [5.74, 6) is 0.664. The van der Waals surface area contributed by atoms with Crippen molar-refractivity contribution in [1.82, 2.24) is 24.5 Å². The largest absolute Gasteiger partial charge is 0.445 e. The van der Waals surface area contributed by atoms with Crippen LogP contribution in [0.1, 0.15) is 17.3 Å². The Morgan fingerprint density at radius 2 is 2.08 bits per heavy atom. The van der Waals surface area contributed by atoms with E-state index in [0.29, 0.717) is 29.0 Å². The maximum Gasteiger partial charge on any atom is 0.410 e. The molecule has 3 heterocycles. The lowest BCUT2D eigenvalue weighted by Crippen LogP contribution is -2.49. The predicted molar refractivity (Wildman–Crippen MR) is 92.2 cm³/mol. The summed E-state index contributed by atoms with van der Waals surface area (Å²) in [5.41, 5.74) is 1.04. The lowest BCUT2D eigenvalue weighted by atomic mass is 10.0. The second-order valence-corrected chi connectivity index (χ2v) is 6.53. The van der Waals surface area contributed by atoms with Crippen molar-refractivity contribution in [3.63, 3.8) is 0 Å². The molecular formula is C16H14BrN5O3. The van der Waals surface area contributed by atoms with E-state index in [0.717, 1.165) is 5.56 Å². The Morgan fingerprint density at radius 3 is 2.84 bits per heavy atom. The van der Waals surface area contributed by atoms with Crippen molar-refractivity contribution in [2.45, 2.75) is 12.5 Å². The SMILES string of the molecule is O=C(OCc1ccccc1)N1CC(c2nc(Br)c3c(=O)[nH]cnn23)C1. The maximum atomic E-state index is 12.1. The van der Waals surface area contributed by atoms with Gasteiger partial charge < -0.3 is 14.6 Å². The smallest absolute Gasteiger partial charge is 0.410 e. The van der Waals surface area contributed by atoms with Gasteiger partial charge in [-0.05, 0) is 21.5 Å². The molecule has 0 aliphatic carbocycles. The van der Waals surface area contributed by atoms with Crippen molar-refractivity contribution in [3.8, 4) is 0 Å². The Balaban J connectivity index is 1.41. The molecule has 0 bridgehead atoms. The molecule has 1 aliphatic rings. The van der Waals surface area contributed by atoms with Gasteiger partial charge in [0.15, 0.2) is 5.52 Å². The van der Waals surface area contributed by atoms with E-state index in [1.165, 1.54) is 10.8 Å². The van der Waals surface area contributed by atoms with Crippen LogP contribution in [0.4, 0.5) is 4.79 Å². The van der Waals surface area contributed by atoms with Crippen LogP contribution >= 0.6 is 15.9 Å². The fourth-order valence-corrected chi connectivity index (χ4v) is 3.32. The van der Waals surface area contributed by atoms with Crippen LogP contribution in [0, 0.1) is 0 Å². The molecule has 2 aromatic heterocycles. The van der Waals surface area contributed by atoms with Crippen molar-refractivity contribution in [2.24, 2.45) is 0 Å². The van der Waals surface area contributed by atoms with Crippen molar-refractivity contribution in [1.29, 1.82) is 0 Å². The highest BCUT2D eigenvalue weighted by Crippen LogP contribution is 2.28. The van der Waals surface area contributed by atoms with E-state index >= 15 is 0 Å². The number of carbonyl (C=O) groups excluding carboxylic acids is 1. The summed E-state index contributed by atoms with van der Waals surface area (Å²) in [7, 11) is 0. The molecule has 1 aromatic carbocycles. The molecule has 1 saturated heterocycles. The van der Waals surface area contributed by atoms with Crippen LogP contribution < -0.4 is 5.56 Å². The summed E-state index contributed by atoms with van der Waals surface area (Å²) in [6, 6.07) is 9.53. The molecule has 1 fully saturated rings. The van der Waals surface area contributed by atoms with E-state index < -0.39 is 0 Å². The molecule has 8 nitrogen and oxygen atoms in total. The number of fused-ring (bicyclic) bond motifs is 1. The first kappa shape index (κ1) is 15.8. The molecule has 0 spiro atoms. The van der Waals surface area contributed by atoms with Crippen LogP contribution in [0.15, 0.2) is 46.1 Å². The van der Waals surface area contributed by atoms with Crippen LogP contribution in [0.5, 0.6) is 0 Å². The van der Waals surface area contributed by atoms with Crippen LogP contribution in [0.2, 0.25) is 0 Å². The average Bonchev–Trinajstić information content (AvgIpc) is 2.91. The first-order valence-electron chi connectivity index (χ1n) is 7.71. The van der Waals surface area contributed by atoms with E-state index in [2.05, 4.69) is 31.0 Å². The number of rotatable bonds is 3.